The van der Waals surface area contributed by atoms with Crippen LogP contribution in [0.2, 0.25) is 0 Å². The molecule has 1 aromatic carbocycles. The summed E-state index contributed by atoms with van der Waals surface area (Å²) in [4.78, 5) is 26.0. The molecule has 2 heterocycles. The van der Waals surface area contributed by atoms with Crippen LogP contribution in [0.15, 0.2) is 22.7 Å². The summed E-state index contributed by atoms with van der Waals surface area (Å²) in [6.07, 6.45) is 0. The van der Waals surface area contributed by atoms with Gasteiger partial charge < -0.3 is 10.2 Å². The van der Waals surface area contributed by atoms with Crippen LogP contribution in [0.1, 0.15) is 40.5 Å². The van der Waals surface area contributed by atoms with Crippen molar-refractivity contribution in [3.63, 3.8) is 0 Å². The Morgan fingerprint density at radius 1 is 1.19 bits per heavy atom. The van der Waals surface area contributed by atoms with Crippen molar-refractivity contribution in [2.45, 2.75) is 34.6 Å². The molecule has 142 valence electrons. The molecule has 3 aromatic rings. The summed E-state index contributed by atoms with van der Waals surface area (Å²) in [5.74, 6) is 1.53. The second-order valence-electron chi connectivity index (χ2n) is 6.42. The van der Waals surface area contributed by atoms with Crippen LogP contribution in [-0.2, 0) is 0 Å². The Kier molecular flexibility index (Phi) is 5.81. The number of halogens is 1. The number of aryl methyl sites for hydroxylation is 3. The third-order valence-corrected chi connectivity index (χ3v) is 6.27. The quantitative estimate of drug-likeness (QED) is 0.563. The van der Waals surface area contributed by atoms with E-state index >= 15 is 0 Å². The first-order chi connectivity index (χ1) is 12.8. The molecule has 0 aliphatic rings. The SMILES string of the molecule is CCN(CC)c1nc(C)nc2sc(C(=O)Nc3ccc(Br)cc3C)c(C)c12. The van der Waals surface area contributed by atoms with E-state index in [0.717, 1.165) is 56.2 Å². The summed E-state index contributed by atoms with van der Waals surface area (Å²) in [5, 5.41) is 4.01. The average Bonchev–Trinajstić information content (AvgIpc) is 2.95. The van der Waals surface area contributed by atoms with Crippen LogP contribution < -0.4 is 10.2 Å². The van der Waals surface area contributed by atoms with Gasteiger partial charge in [-0.25, -0.2) is 9.97 Å². The molecule has 2 aromatic heterocycles. The smallest absolute Gasteiger partial charge is 0.266 e. The van der Waals surface area contributed by atoms with Crippen molar-refractivity contribution < 1.29 is 4.79 Å². The third kappa shape index (κ3) is 3.84. The molecule has 0 radical (unpaired) electrons. The molecule has 0 spiro atoms. The lowest BCUT2D eigenvalue weighted by atomic mass is 10.1. The van der Waals surface area contributed by atoms with Gasteiger partial charge in [0.2, 0.25) is 0 Å². The van der Waals surface area contributed by atoms with E-state index in [-0.39, 0.29) is 5.91 Å². The second-order valence-corrected chi connectivity index (χ2v) is 8.33. The van der Waals surface area contributed by atoms with Crippen LogP contribution in [-0.4, -0.2) is 29.0 Å². The predicted octanol–water partition coefficient (Wildman–Crippen LogP) is 5.48. The van der Waals surface area contributed by atoms with Gasteiger partial charge in [-0.2, -0.15) is 0 Å². The Labute approximate surface area is 172 Å². The molecule has 0 fully saturated rings. The molecule has 0 bridgehead atoms. The van der Waals surface area contributed by atoms with Crippen molar-refractivity contribution in [3.05, 3.63) is 44.5 Å². The maximum absolute atomic E-state index is 13.0. The molecular formula is C20H23BrN4OS. The lowest BCUT2D eigenvalue weighted by Crippen LogP contribution is -2.23. The number of anilines is 2. The van der Waals surface area contributed by atoms with Crippen LogP contribution >= 0.6 is 27.3 Å². The standard InChI is InChI=1S/C20H23BrN4OS/c1-6-25(7-2)18-16-12(4)17(27-20(16)23-13(5)22-18)19(26)24-15-9-8-14(21)10-11(15)3/h8-10H,6-7H2,1-5H3,(H,24,26). The van der Waals surface area contributed by atoms with Crippen molar-refractivity contribution in [1.82, 2.24) is 9.97 Å². The maximum atomic E-state index is 13.0. The fraction of sp³-hybridized carbons (Fsp3) is 0.350. The summed E-state index contributed by atoms with van der Waals surface area (Å²) in [5.41, 5.74) is 2.76. The fourth-order valence-corrected chi connectivity index (χ4v) is 4.73. The Hall–Kier alpha value is -1.99. The van der Waals surface area contributed by atoms with Gasteiger partial charge >= 0.3 is 0 Å². The first-order valence-electron chi connectivity index (χ1n) is 8.95. The fourth-order valence-electron chi connectivity index (χ4n) is 3.14. The number of benzene rings is 1. The van der Waals surface area contributed by atoms with Gasteiger partial charge in [-0.05, 0) is 63.9 Å². The lowest BCUT2D eigenvalue weighted by molar-refractivity contribution is 0.103. The van der Waals surface area contributed by atoms with Crippen LogP contribution in [0, 0.1) is 20.8 Å². The zero-order chi connectivity index (χ0) is 19.7. The highest BCUT2D eigenvalue weighted by Crippen LogP contribution is 2.36. The van der Waals surface area contributed by atoms with E-state index in [1.165, 1.54) is 11.3 Å². The van der Waals surface area contributed by atoms with E-state index in [1.54, 1.807) is 0 Å². The summed E-state index contributed by atoms with van der Waals surface area (Å²) in [6.45, 7) is 11.8. The zero-order valence-electron chi connectivity index (χ0n) is 16.2. The number of nitrogens with one attached hydrogen (secondary N) is 1. The maximum Gasteiger partial charge on any atom is 0.266 e. The predicted molar refractivity (Wildman–Crippen MR) is 117 cm³/mol. The number of hydrogen-bond acceptors (Lipinski definition) is 5. The van der Waals surface area contributed by atoms with Gasteiger partial charge in [-0.1, -0.05) is 15.9 Å². The first-order valence-corrected chi connectivity index (χ1v) is 10.6. The van der Waals surface area contributed by atoms with Crippen molar-refractivity contribution in [3.8, 4) is 0 Å². The molecule has 0 atom stereocenters. The largest absolute Gasteiger partial charge is 0.357 e. The number of carbonyl (C=O) groups excluding carboxylic acids is 1. The number of nitrogens with zero attached hydrogens (tertiary/aromatic N) is 3. The average molecular weight is 447 g/mol. The minimum atomic E-state index is -0.107. The molecule has 0 unspecified atom stereocenters. The Balaban J connectivity index is 2.06. The van der Waals surface area contributed by atoms with Crippen LogP contribution in [0.4, 0.5) is 11.5 Å². The summed E-state index contributed by atoms with van der Waals surface area (Å²) < 4.78 is 0.991. The van der Waals surface area contributed by atoms with Crippen LogP contribution in [0.3, 0.4) is 0 Å². The number of aromatic nitrogens is 2. The third-order valence-electron chi connectivity index (χ3n) is 4.59. The molecular weight excluding hydrogens is 424 g/mol. The first kappa shape index (κ1) is 19.8. The van der Waals surface area contributed by atoms with Gasteiger partial charge in [0, 0.05) is 23.2 Å². The summed E-state index contributed by atoms with van der Waals surface area (Å²) in [6, 6.07) is 5.82. The van der Waals surface area contributed by atoms with Crippen LogP contribution in [0.25, 0.3) is 10.2 Å². The minimum Gasteiger partial charge on any atom is -0.357 e. The molecule has 1 N–H and O–H groups in total. The molecule has 5 nitrogen and oxygen atoms in total. The van der Waals surface area contributed by atoms with Gasteiger partial charge in [0.1, 0.15) is 16.5 Å². The molecule has 0 aliphatic heterocycles. The molecule has 3 rings (SSSR count). The molecule has 27 heavy (non-hydrogen) atoms. The topological polar surface area (TPSA) is 58.1 Å². The highest BCUT2D eigenvalue weighted by Gasteiger charge is 2.22. The van der Waals surface area contributed by atoms with Crippen molar-refractivity contribution in [1.29, 1.82) is 0 Å². The van der Waals surface area contributed by atoms with E-state index in [0.29, 0.717) is 4.88 Å². The Morgan fingerprint density at radius 3 is 2.52 bits per heavy atom. The number of fused-ring (bicyclic) bond motifs is 1. The van der Waals surface area contributed by atoms with Gasteiger partial charge in [-0.3, -0.25) is 4.79 Å². The number of carbonyl (C=O) groups is 1. The number of rotatable bonds is 5. The van der Waals surface area contributed by atoms with Crippen molar-refractivity contribution in [2.24, 2.45) is 0 Å². The number of thiophene rings is 1. The zero-order valence-corrected chi connectivity index (χ0v) is 18.6. The summed E-state index contributed by atoms with van der Waals surface area (Å²) in [7, 11) is 0. The van der Waals surface area contributed by atoms with Crippen molar-refractivity contribution >= 4 is 54.9 Å². The minimum absolute atomic E-state index is 0.107. The van der Waals surface area contributed by atoms with E-state index in [4.69, 9.17) is 0 Å². The number of hydrogen-bond donors (Lipinski definition) is 1. The van der Waals surface area contributed by atoms with E-state index in [1.807, 2.05) is 39.0 Å². The van der Waals surface area contributed by atoms with Gasteiger partial charge in [0.05, 0.1) is 10.3 Å². The summed E-state index contributed by atoms with van der Waals surface area (Å²) >= 11 is 4.88. The monoisotopic (exact) mass is 446 g/mol. The molecule has 7 heteroatoms. The van der Waals surface area contributed by atoms with Crippen LogP contribution in [0.5, 0.6) is 0 Å². The van der Waals surface area contributed by atoms with Gasteiger partial charge in [0.25, 0.3) is 5.91 Å². The molecule has 0 aliphatic carbocycles. The second kappa shape index (κ2) is 7.94. The normalized spacial score (nSPS) is 11.0. The highest BCUT2D eigenvalue weighted by atomic mass is 79.9. The van der Waals surface area contributed by atoms with Gasteiger partial charge in [-0.15, -0.1) is 11.3 Å². The molecule has 1 amide bonds. The molecule has 0 saturated carbocycles. The Bertz CT molecular complexity index is 1010. The van der Waals surface area contributed by atoms with Gasteiger partial charge in [0.15, 0.2) is 0 Å². The van der Waals surface area contributed by atoms with E-state index in [2.05, 4.69) is 50.0 Å². The van der Waals surface area contributed by atoms with Crippen molar-refractivity contribution in [2.75, 3.05) is 23.3 Å². The molecule has 0 saturated heterocycles. The number of amides is 1. The van der Waals surface area contributed by atoms with E-state index in [9.17, 15) is 4.79 Å². The highest BCUT2D eigenvalue weighted by molar-refractivity contribution is 9.10. The van der Waals surface area contributed by atoms with E-state index < -0.39 is 0 Å². The lowest BCUT2D eigenvalue weighted by Gasteiger charge is -2.21. The Morgan fingerprint density at radius 2 is 1.89 bits per heavy atom.